The lowest BCUT2D eigenvalue weighted by Crippen LogP contribution is -2.47. The molecule has 0 radical (unpaired) electrons. The minimum Gasteiger partial charge on any atom is -0.380 e. The summed E-state index contributed by atoms with van der Waals surface area (Å²) in [6, 6.07) is 7.71. The van der Waals surface area contributed by atoms with Crippen molar-refractivity contribution < 1.29 is 14.3 Å². The van der Waals surface area contributed by atoms with Crippen molar-refractivity contribution in [1.82, 2.24) is 10.2 Å². The minimum atomic E-state index is -0.112. The highest BCUT2D eigenvalue weighted by atomic mass is 16.5. The summed E-state index contributed by atoms with van der Waals surface area (Å²) in [5, 5.41) is 3.08. The third-order valence-electron chi connectivity index (χ3n) is 4.67. The Morgan fingerprint density at radius 2 is 2.20 bits per heavy atom. The quantitative estimate of drug-likeness (QED) is 0.826. The molecule has 0 aromatic heterocycles. The summed E-state index contributed by atoms with van der Waals surface area (Å²) >= 11 is 0. The summed E-state index contributed by atoms with van der Waals surface area (Å²) in [6.07, 6.45) is 3.74. The van der Waals surface area contributed by atoms with Gasteiger partial charge in [-0.15, -0.1) is 0 Å². The predicted molar refractivity (Wildman–Crippen MR) is 98.3 cm³/mol. The number of hydrogen-bond acceptors (Lipinski definition) is 3. The Morgan fingerprint density at radius 1 is 1.40 bits per heavy atom. The molecular formula is C20H30N2O3. The van der Waals surface area contributed by atoms with Crippen LogP contribution in [0.5, 0.6) is 0 Å². The average molecular weight is 346 g/mol. The van der Waals surface area contributed by atoms with Gasteiger partial charge in [0.15, 0.2) is 0 Å². The van der Waals surface area contributed by atoms with Crippen LogP contribution in [0.4, 0.5) is 0 Å². The van der Waals surface area contributed by atoms with Crippen molar-refractivity contribution in [2.75, 3.05) is 20.2 Å². The number of methoxy groups -OCH3 is 1. The standard InChI is InChI=1S/C20H30N2O3/c1-4-7-15(2)21-19(23)18-10-6-11-22(13-18)20(24)17-9-5-8-16(12-17)14-25-3/h5,8-9,12,15,18H,4,6-7,10-11,13-14H2,1-3H3,(H,21,23). The van der Waals surface area contributed by atoms with E-state index in [1.54, 1.807) is 7.11 Å². The molecule has 0 bridgehead atoms. The molecule has 1 aliphatic rings. The molecule has 138 valence electrons. The van der Waals surface area contributed by atoms with Crippen LogP contribution in [-0.2, 0) is 16.1 Å². The maximum absolute atomic E-state index is 12.8. The second-order valence-electron chi connectivity index (χ2n) is 6.92. The lowest BCUT2D eigenvalue weighted by Gasteiger charge is -2.32. The van der Waals surface area contributed by atoms with Crippen LogP contribution >= 0.6 is 0 Å². The fraction of sp³-hybridized carbons (Fsp3) is 0.600. The van der Waals surface area contributed by atoms with Gasteiger partial charge < -0.3 is 15.0 Å². The van der Waals surface area contributed by atoms with E-state index in [1.165, 1.54) is 0 Å². The van der Waals surface area contributed by atoms with E-state index in [1.807, 2.05) is 36.1 Å². The first kappa shape index (κ1) is 19.4. The Labute approximate surface area is 150 Å². The van der Waals surface area contributed by atoms with E-state index in [0.717, 1.165) is 31.2 Å². The van der Waals surface area contributed by atoms with Crippen molar-refractivity contribution in [1.29, 1.82) is 0 Å². The molecule has 0 aliphatic carbocycles. The van der Waals surface area contributed by atoms with Gasteiger partial charge in [-0.1, -0.05) is 25.5 Å². The zero-order valence-electron chi connectivity index (χ0n) is 15.6. The number of amides is 2. The third kappa shape index (κ3) is 5.56. The Hall–Kier alpha value is -1.88. The summed E-state index contributed by atoms with van der Waals surface area (Å²) < 4.78 is 5.14. The van der Waals surface area contributed by atoms with Crippen molar-refractivity contribution in [3.8, 4) is 0 Å². The number of hydrogen-bond donors (Lipinski definition) is 1. The number of carbonyl (C=O) groups is 2. The number of rotatable bonds is 7. The molecule has 1 heterocycles. The van der Waals surface area contributed by atoms with Gasteiger partial charge in [-0.05, 0) is 43.9 Å². The van der Waals surface area contributed by atoms with E-state index in [-0.39, 0.29) is 23.8 Å². The van der Waals surface area contributed by atoms with Gasteiger partial charge in [0, 0.05) is 31.8 Å². The summed E-state index contributed by atoms with van der Waals surface area (Å²) in [4.78, 5) is 27.1. The molecule has 1 fully saturated rings. The predicted octanol–water partition coefficient (Wildman–Crippen LogP) is 2.99. The fourth-order valence-electron chi connectivity index (χ4n) is 3.38. The van der Waals surface area contributed by atoms with Crippen LogP contribution in [0.15, 0.2) is 24.3 Å². The number of piperidine rings is 1. The molecule has 25 heavy (non-hydrogen) atoms. The summed E-state index contributed by atoms with van der Waals surface area (Å²) in [6.45, 7) is 5.84. The number of nitrogens with zero attached hydrogens (tertiary/aromatic N) is 1. The van der Waals surface area contributed by atoms with Crippen LogP contribution in [-0.4, -0.2) is 43.0 Å². The van der Waals surface area contributed by atoms with Crippen LogP contribution in [0, 0.1) is 5.92 Å². The smallest absolute Gasteiger partial charge is 0.253 e. The molecule has 2 unspecified atom stereocenters. The molecule has 1 aliphatic heterocycles. The molecule has 1 saturated heterocycles. The van der Waals surface area contributed by atoms with Gasteiger partial charge in [-0.25, -0.2) is 0 Å². The number of likely N-dealkylation sites (tertiary alicyclic amines) is 1. The van der Waals surface area contributed by atoms with Gasteiger partial charge in [-0.2, -0.15) is 0 Å². The third-order valence-corrected chi connectivity index (χ3v) is 4.67. The highest BCUT2D eigenvalue weighted by Crippen LogP contribution is 2.20. The Bertz CT molecular complexity index is 588. The van der Waals surface area contributed by atoms with E-state index in [2.05, 4.69) is 12.2 Å². The Morgan fingerprint density at radius 3 is 2.92 bits per heavy atom. The molecule has 2 rings (SSSR count). The van der Waals surface area contributed by atoms with Crippen molar-refractivity contribution in [3.05, 3.63) is 35.4 Å². The monoisotopic (exact) mass is 346 g/mol. The van der Waals surface area contributed by atoms with Crippen molar-refractivity contribution in [3.63, 3.8) is 0 Å². The largest absolute Gasteiger partial charge is 0.380 e. The summed E-state index contributed by atoms with van der Waals surface area (Å²) in [7, 11) is 1.64. The summed E-state index contributed by atoms with van der Waals surface area (Å²) in [5.41, 5.74) is 1.64. The van der Waals surface area contributed by atoms with E-state index in [9.17, 15) is 9.59 Å². The molecule has 0 saturated carbocycles. The first-order valence-electron chi connectivity index (χ1n) is 9.22. The fourth-order valence-corrected chi connectivity index (χ4v) is 3.38. The zero-order valence-corrected chi connectivity index (χ0v) is 15.6. The number of nitrogens with one attached hydrogen (secondary N) is 1. The summed E-state index contributed by atoms with van der Waals surface area (Å²) in [5.74, 6) is -0.0391. The second-order valence-corrected chi connectivity index (χ2v) is 6.92. The Kier molecular flexibility index (Phi) is 7.44. The lowest BCUT2D eigenvalue weighted by molar-refractivity contribution is -0.127. The zero-order chi connectivity index (χ0) is 18.2. The number of ether oxygens (including phenoxy) is 1. The lowest BCUT2D eigenvalue weighted by atomic mass is 9.95. The van der Waals surface area contributed by atoms with Crippen LogP contribution in [0.25, 0.3) is 0 Å². The molecule has 2 amide bonds. The molecule has 5 nitrogen and oxygen atoms in total. The molecule has 5 heteroatoms. The first-order chi connectivity index (χ1) is 12.0. The molecule has 1 aromatic rings. The van der Waals surface area contributed by atoms with E-state index >= 15 is 0 Å². The maximum Gasteiger partial charge on any atom is 0.253 e. The minimum absolute atomic E-state index is 0.00272. The van der Waals surface area contributed by atoms with E-state index < -0.39 is 0 Å². The second kappa shape index (κ2) is 9.56. The molecule has 2 atom stereocenters. The molecule has 0 spiro atoms. The Balaban J connectivity index is 1.99. The van der Waals surface area contributed by atoms with Crippen LogP contribution in [0.3, 0.4) is 0 Å². The van der Waals surface area contributed by atoms with Crippen molar-refractivity contribution >= 4 is 11.8 Å². The highest BCUT2D eigenvalue weighted by molar-refractivity contribution is 5.95. The number of benzene rings is 1. The normalized spacial score (nSPS) is 18.7. The molecular weight excluding hydrogens is 316 g/mol. The van der Waals surface area contributed by atoms with Crippen LogP contribution < -0.4 is 5.32 Å². The first-order valence-corrected chi connectivity index (χ1v) is 9.22. The topological polar surface area (TPSA) is 58.6 Å². The van der Waals surface area contributed by atoms with E-state index in [0.29, 0.717) is 25.3 Å². The maximum atomic E-state index is 12.8. The van der Waals surface area contributed by atoms with Gasteiger partial charge >= 0.3 is 0 Å². The highest BCUT2D eigenvalue weighted by Gasteiger charge is 2.29. The van der Waals surface area contributed by atoms with Gasteiger partial charge in [-0.3, -0.25) is 9.59 Å². The van der Waals surface area contributed by atoms with E-state index in [4.69, 9.17) is 4.74 Å². The number of carbonyl (C=O) groups excluding carboxylic acids is 2. The molecule has 1 aromatic carbocycles. The SMILES string of the molecule is CCCC(C)NC(=O)C1CCCN(C(=O)c2cccc(COC)c2)C1. The van der Waals surface area contributed by atoms with Crippen molar-refractivity contribution in [2.45, 2.75) is 52.2 Å². The van der Waals surface area contributed by atoms with Crippen LogP contribution in [0.2, 0.25) is 0 Å². The van der Waals surface area contributed by atoms with Crippen LogP contribution in [0.1, 0.15) is 55.5 Å². The van der Waals surface area contributed by atoms with Gasteiger partial charge in [0.1, 0.15) is 0 Å². The van der Waals surface area contributed by atoms with Gasteiger partial charge in [0.2, 0.25) is 5.91 Å². The van der Waals surface area contributed by atoms with Crippen molar-refractivity contribution in [2.24, 2.45) is 5.92 Å². The molecule has 1 N–H and O–H groups in total. The van der Waals surface area contributed by atoms with Gasteiger partial charge in [0.05, 0.1) is 12.5 Å². The average Bonchev–Trinajstić information content (AvgIpc) is 2.62. The van der Waals surface area contributed by atoms with Gasteiger partial charge in [0.25, 0.3) is 5.91 Å².